The number of nitro groups is 1. The van der Waals surface area contributed by atoms with Crippen LogP contribution in [0.4, 0.5) is 17.1 Å². The molecule has 0 fully saturated rings. The van der Waals surface area contributed by atoms with Gasteiger partial charge in [-0.1, -0.05) is 29.8 Å². The Labute approximate surface area is 190 Å². The molecule has 3 aromatic carbocycles. The third-order valence-corrected chi connectivity index (χ3v) is 6.86. The number of benzene rings is 3. The maximum absolute atomic E-state index is 13.0. The Hall–Kier alpha value is -3.43. The van der Waals surface area contributed by atoms with Crippen LogP contribution in [0.25, 0.3) is 0 Å². The highest BCUT2D eigenvalue weighted by Gasteiger charge is 2.22. The Morgan fingerprint density at radius 2 is 1.69 bits per heavy atom. The molecule has 0 spiro atoms. The zero-order valence-electron chi connectivity index (χ0n) is 17.5. The Morgan fingerprint density at radius 3 is 2.38 bits per heavy atom. The van der Waals surface area contributed by atoms with Gasteiger partial charge in [-0.3, -0.25) is 19.6 Å². The molecule has 0 aliphatic carbocycles. The summed E-state index contributed by atoms with van der Waals surface area (Å²) in [6.07, 6.45) is 0. The van der Waals surface area contributed by atoms with Gasteiger partial charge in [0.1, 0.15) is 4.90 Å². The number of aryl methyl sites for hydroxylation is 2. The molecule has 10 heteroatoms. The number of rotatable bonds is 6. The molecule has 166 valence electrons. The molecule has 0 bridgehead atoms. The summed E-state index contributed by atoms with van der Waals surface area (Å²) >= 11 is 6.14. The summed E-state index contributed by atoms with van der Waals surface area (Å²) in [5, 5.41) is 13.5. The molecule has 32 heavy (non-hydrogen) atoms. The largest absolute Gasteiger partial charge is 0.321 e. The number of hydrogen-bond acceptors (Lipinski definition) is 5. The number of amides is 1. The molecule has 3 rings (SSSR count). The van der Waals surface area contributed by atoms with Crippen molar-refractivity contribution in [2.75, 3.05) is 10.0 Å². The number of carbonyl (C=O) groups excluding carboxylic acids is 1. The average molecular weight is 474 g/mol. The van der Waals surface area contributed by atoms with Crippen molar-refractivity contribution in [3.63, 3.8) is 0 Å². The lowest BCUT2D eigenvalue weighted by molar-refractivity contribution is -0.384. The van der Waals surface area contributed by atoms with Gasteiger partial charge in [-0.05, 0) is 61.7 Å². The first kappa shape index (κ1) is 23.2. The number of hydrogen-bond donors (Lipinski definition) is 2. The first-order valence-corrected chi connectivity index (χ1v) is 11.3. The molecule has 0 aliphatic heterocycles. The summed E-state index contributed by atoms with van der Waals surface area (Å²) in [4.78, 5) is 22.9. The number of anilines is 2. The second kappa shape index (κ2) is 8.97. The first-order valence-electron chi connectivity index (χ1n) is 9.44. The van der Waals surface area contributed by atoms with Gasteiger partial charge in [0.05, 0.1) is 21.3 Å². The van der Waals surface area contributed by atoms with E-state index >= 15 is 0 Å². The van der Waals surface area contributed by atoms with Gasteiger partial charge in [-0.15, -0.1) is 0 Å². The monoisotopic (exact) mass is 473 g/mol. The molecule has 0 unspecified atom stereocenters. The summed E-state index contributed by atoms with van der Waals surface area (Å²) in [6, 6.07) is 13.2. The van der Waals surface area contributed by atoms with Crippen molar-refractivity contribution in [2.24, 2.45) is 0 Å². The highest BCUT2D eigenvalue weighted by Crippen LogP contribution is 2.28. The topological polar surface area (TPSA) is 118 Å². The van der Waals surface area contributed by atoms with Crippen molar-refractivity contribution in [3.8, 4) is 0 Å². The minimum Gasteiger partial charge on any atom is -0.321 e. The smallest absolute Gasteiger partial charge is 0.271 e. The molecule has 0 aliphatic rings. The van der Waals surface area contributed by atoms with E-state index in [9.17, 15) is 23.3 Å². The molecule has 0 atom stereocenters. The van der Waals surface area contributed by atoms with Crippen LogP contribution < -0.4 is 10.0 Å². The molecule has 0 aromatic heterocycles. The van der Waals surface area contributed by atoms with Crippen LogP contribution in [-0.4, -0.2) is 19.2 Å². The van der Waals surface area contributed by atoms with E-state index in [2.05, 4.69) is 10.0 Å². The predicted molar refractivity (Wildman–Crippen MR) is 124 cm³/mol. The molecule has 0 radical (unpaired) electrons. The van der Waals surface area contributed by atoms with E-state index < -0.39 is 20.9 Å². The highest BCUT2D eigenvalue weighted by molar-refractivity contribution is 7.92. The fraction of sp³-hybridized carbons (Fsp3) is 0.136. The van der Waals surface area contributed by atoms with Gasteiger partial charge in [0.25, 0.3) is 21.6 Å². The maximum atomic E-state index is 13.0. The van der Waals surface area contributed by atoms with Crippen LogP contribution in [0.3, 0.4) is 0 Å². The number of non-ortho nitro benzene ring substituents is 1. The van der Waals surface area contributed by atoms with Gasteiger partial charge in [0, 0.05) is 17.7 Å². The van der Waals surface area contributed by atoms with Crippen molar-refractivity contribution < 1.29 is 18.1 Å². The lowest BCUT2D eigenvalue weighted by atomic mass is 10.1. The Kier molecular flexibility index (Phi) is 6.52. The summed E-state index contributed by atoms with van der Waals surface area (Å²) in [6.45, 7) is 5.34. The van der Waals surface area contributed by atoms with Crippen LogP contribution in [0.1, 0.15) is 27.0 Å². The van der Waals surface area contributed by atoms with Crippen LogP contribution in [0, 0.1) is 30.9 Å². The second-order valence-corrected chi connectivity index (χ2v) is 9.27. The number of sulfonamides is 1. The van der Waals surface area contributed by atoms with Crippen molar-refractivity contribution in [1.82, 2.24) is 0 Å². The fourth-order valence-corrected chi connectivity index (χ4v) is 4.61. The number of halogens is 1. The van der Waals surface area contributed by atoms with Gasteiger partial charge in [0.2, 0.25) is 0 Å². The summed E-state index contributed by atoms with van der Waals surface area (Å²) < 4.78 is 28.5. The Bertz CT molecular complexity index is 1340. The van der Waals surface area contributed by atoms with Gasteiger partial charge in [-0.2, -0.15) is 0 Å². The summed E-state index contributed by atoms with van der Waals surface area (Å²) in [7, 11) is -4.09. The highest BCUT2D eigenvalue weighted by atomic mass is 35.5. The number of nitrogens with zero attached hydrogens (tertiary/aromatic N) is 1. The van der Waals surface area contributed by atoms with Gasteiger partial charge < -0.3 is 5.32 Å². The number of nitro benzene ring substituents is 1. The minimum absolute atomic E-state index is 0.0293. The molecule has 3 aromatic rings. The molecule has 2 N–H and O–H groups in total. The molecular formula is C22H20ClN3O5S. The maximum Gasteiger partial charge on any atom is 0.271 e. The van der Waals surface area contributed by atoms with E-state index in [-0.39, 0.29) is 26.9 Å². The van der Waals surface area contributed by atoms with Crippen LogP contribution in [0.5, 0.6) is 0 Å². The lowest BCUT2D eigenvalue weighted by Crippen LogP contribution is -2.17. The van der Waals surface area contributed by atoms with Crippen LogP contribution >= 0.6 is 11.6 Å². The van der Waals surface area contributed by atoms with Gasteiger partial charge in [-0.25, -0.2) is 8.42 Å². The van der Waals surface area contributed by atoms with Crippen molar-refractivity contribution in [2.45, 2.75) is 25.7 Å². The fourth-order valence-electron chi connectivity index (χ4n) is 2.96. The molecule has 1 amide bonds. The molecular weight excluding hydrogens is 454 g/mol. The minimum atomic E-state index is -4.09. The first-order chi connectivity index (χ1) is 15.0. The van der Waals surface area contributed by atoms with E-state index in [1.54, 1.807) is 26.0 Å². The predicted octanol–water partition coefficient (Wildman–Crippen LogP) is 5.23. The van der Waals surface area contributed by atoms with Crippen LogP contribution in [-0.2, 0) is 10.0 Å². The standard InChI is InChI=1S/C22H20ClN3O5S/c1-13-5-4-6-19(15(13)3)25-32(30,31)21-11-16(8-10-18(21)23)22(27)24-20-12-17(26(28)29)9-7-14(20)2/h4-12,25H,1-3H3,(H,24,27). The molecule has 0 heterocycles. The molecule has 8 nitrogen and oxygen atoms in total. The Balaban J connectivity index is 1.93. The average Bonchev–Trinajstić information content (AvgIpc) is 2.72. The summed E-state index contributed by atoms with van der Waals surface area (Å²) in [5.41, 5.74) is 2.80. The number of carbonyl (C=O) groups is 1. The number of nitrogens with one attached hydrogen (secondary N) is 2. The van der Waals surface area contributed by atoms with Crippen molar-refractivity contribution in [3.05, 3.63) is 92.0 Å². The third kappa shape index (κ3) is 4.90. The van der Waals surface area contributed by atoms with E-state index in [1.807, 2.05) is 13.0 Å². The van der Waals surface area contributed by atoms with E-state index in [0.717, 1.165) is 17.2 Å². The third-order valence-electron chi connectivity index (χ3n) is 5.01. The van der Waals surface area contributed by atoms with Crippen molar-refractivity contribution >= 4 is 44.6 Å². The quantitative estimate of drug-likeness (QED) is 0.375. The van der Waals surface area contributed by atoms with Crippen molar-refractivity contribution in [1.29, 1.82) is 0 Å². The Morgan fingerprint density at radius 1 is 0.969 bits per heavy atom. The normalized spacial score (nSPS) is 11.1. The lowest BCUT2D eigenvalue weighted by Gasteiger charge is -2.14. The van der Waals surface area contributed by atoms with Crippen LogP contribution in [0.15, 0.2) is 59.5 Å². The van der Waals surface area contributed by atoms with Crippen LogP contribution in [0.2, 0.25) is 5.02 Å². The zero-order chi connectivity index (χ0) is 23.6. The summed E-state index contributed by atoms with van der Waals surface area (Å²) in [5.74, 6) is -0.631. The molecule has 0 saturated heterocycles. The van der Waals surface area contributed by atoms with Gasteiger partial charge >= 0.3 is 0 Å². The van der Waals surface area contributed by atoms with E-state index in [0.29, 0.717) is 11.3 Å². The van der Waals surface area contributed by atoms with E-state index in [4.69, 9.17) is 11.6 Å². The second-order valence-electron chi connectivity index (χ2n) is 7.21. The van der Waals surface area contributed by atoms with Gasteiger partial charge in [0.15, 0.2) is 0 Å². The van der Waals surface area contributed by atoms with E-state index in [1.165, 1.54) is 30.3 Å². The molecule has 0 saturated carbocycles. The SMILES string of the molecule is Cc1ccc([N+](=O)[O-])cc1NC(=O)c1ccc(Cl)c(S(=O)(=O)Nc2cccc(C)c2C)c1. The zero-order valence-corrected chi connectivity index (χ0v) is 19.0.